The Morgan fingerprint density at radius 1 is 0.938 bits per heavy atom. The smallest absolute Gasteiger partial charge is 0.406 e. The van der Waals surface area contributed by atoms with Crippen molar-refractivity contribution in [3.8, 4) is 16.9 Å². The number of hydrogen-bond donors (Lipinski definition) is 0. The lowest BCUT2D eigenvalue weighted by Crippen LogP contribution is -2.17. The van der Waals surface area contributed by atoms with Crippen molar-refractivity contribution in [2.24, 2.45) is 0 Å². The molecule has 0 N–H and O–H groups in total. The predicted octanol–water partition coefficient (Wildman–Crippen LogP) is 8.01. The van der Waals surface area contributed by atoms with E-state index in [1.54, 1.807) is 6.07 Å². The van der Waals surface area contributed by atoms with Crippen molar-refractivity contribution in [3.05, 3.63) is 88.7 Å². The zero-order chi connectivity index (χ0) is 22.7. The molecule has 0 aromatic heterocycles. The lowest BCUT2D eigenvalue weighted by atomic mass is 9.79. The standard InChI is InChI=1S/C27H26F4O/c1-2-3-4-18-5-7-19(8-6-18)21-11-15-25-22(17-21)12-16-24(26(25)28)20-9-13-23(14-10-20)32-27(29,30)31/h5-10,12-14,16,21H,2-4,11,15,17H2,1H3. The van der Waals surface area contributed by atoms with E-state index in [1.165, 1.54) is 48.2 Å². The van der Waals surface area contributed by atoms with Crippen LogP contribution in [0.1, 0.15) is 54.4 Å². The molecule has 0 aliphatic heterocycles. The summed E-state index contributed by atoms with van der Waals surface area (Å²) in [6.45, 7) is 2.19. The van der Waals surface area contributed by atoms with Crippen LogP contribution in [0.2, 0.25) is 0 Å². The summed E-state index contributed by atoms with van der Waals surface area (Å²) in [6, 6.07) is 17.8. The van der Waals surface area contributed by atoms with Gasteiger partial charge in [-0.3, -0.25) is 0 Å². The summed E-state index contributed by atoms with van der Waals surface area (Å²) in [7, 11) is 0. The van der Waals surface area contributed by atoms with Crippen LogP contribution in [0.15, 0.2) is 60.7 Å². The molecular formula is C27H26F4O. The van der Waals surface area contributed by atoms with E-state index in [2.05, 4.69) is 35.9 Å². The molecule has 1 unspecified atom stereocenters. The van der Waals surface area contributed by atoms with E-state index in [-0.39, 0.29) is 11.6 Å². The Bertz CT molecular complexity index is 1050. The largest absolute Gasteiger partial charge is 0.573 e. The Morgan fingerprint density at radius 3 is 2.31 bits per heavy atom. The maximum atomic E-state index is 15.3. The number of fused-ring (bicyclic) bond motifs is 1. The molecule has 4 rings (SSSR count). The van der Waals surface area contributed by atoms with Crippen LogP contribution in [0.5, 0.6) is 5.75 Å². The maximum absolute atomic E-state index is 15.3. The molecule has 0 heterocycles. The van der Waals surface area contributed by atoms with E-state index in [0.29, 0.717) is 29.0 Å². The zero-order valence-corrected chi connectivity index (χ0v) is 18.0. The van der Waals surface area contributed by atoms with Gasteiger partial charge in [0.05, 0.1) is 0 Å². The molecule has 1 aliphatic rings. The fraction of sp³-hybridized carbons (Fsp3) is 0.333. The number of hydrogen-bond acceptors (Lipinski definition) is 1. The molecule has 0 fully saturated rings. The Labute approximate surface area is 186 Å². The highest BCUT2D eigenvalue weighted by atomic mass is 19.4. The minimum atomic E-state index is -4.75. The molecule has 1 atom stereocenters. The van der Waals surface area contributed by atoms with Crippen LogP contribution in [-0.4, -0.2) is 6.36 Å². The zero-order valence-electron chi connectivity index (χ0n) is 18.0. The van der Waals surface area contributed by atoms with Gasteiger partial charge in [0.1, 0.15) is 11.6 Å². The Balaban J connectivity index is 1.50. The number of aryl methyl sites for hydroxylation is 1. The highest BCUT2D eigenvalue weighted by Crippen LogP contribution is 2.37. The summed E-state index contributed by atoms with van der Waals surface area (Å²) in [5.41, 5.74) is 5.31. The molecule has 0 radical (unpaired) electrons. The van der Waals surface area contributed by atoms with Crippen LogP contribution >= 0.6 is 0 Å². The van der Waals surface area contributed by atoms with Gasteiger partial charge in [-0.05, 0) is 78.0 Å². The van der Waals surface area contributed by atoms with Gasteiger partial charge in [0.25, 0.3) is 0 Å². The third kappa shape index (κ3) is 5.14. The van der Waals surface area contributed by atoms with Gasteiger partial charge in [0.2, 0.25) is 0 Å². The first-order valence-corrected chi connectivity index (χ1v) is 11.1. The van der Waals surface area contributed by atoms with Crippen molar-refractivity contribution in [3.63, 3.8) is 0 Å². The number of ether oxygens (including phenoxy) is 1. The van der Waals surface area contributed by atoms with Gasteiger partial charge < -0.3 is 4.74 Å². The summed E-state index contributed by atoms with van der Waals surface area (Å²) < 4.78 is 56.3. The van der Waals surface area contributed by atoms with Crippen LogP contribution in [-0.2, 0) is 19.3 Å². The van der Waals surface area contributed by atoms with Gasteiger partial charge in [0.15, 0.2) is 0 Å². The monoisotopic (exact) mass is 442 g/mol. The molecule has 168 valence electrons. The molecule has 0 saturated heterocycles. The SMILES string of the molecule is CCCCc1ccc(C2CCc3c(ccc(-c4ccc(OC(F)(F)F)cc4)c3F)C2)cc1. The molecule has 0 amide bonds. The lowest BCUT2D eigenvalue weighted by Gasteiger charge is -2.26. The summed E-state index contributed by atoms with van der Waals surface area (Å²) in [4.78, 5) is 0. The maximum Gasteiger partial charge on any atom is 0.573 e. The molecule has 32 heavy (non-hydrogen) atoms. The molecule has 3 aromatic carbocycles. The Hall–Kier alpha value is -2.82. The first-order valence-electron chi connectivity index (χ1n) is 11.1. The van der Waals surface area contributed by atoms with Crippen LogP contribution in [0.4, 0.5) is 17.6 Å². The highest BCUT2D eigenvalue weighted by molar-refractivity contribution is 5.67. The summed E-state index contributed by atoms with van der Waals surface area (Å²) in [5, 5.41) is 0. The van der Waals surface area contributed by atoms with Crippen molar-refractivity contribution in [2.75, 3.05) is 0 Å². The van der Waals surface area contributed by atoms with Gasteiger partial charge in [-0.2, -0.15) is 0 Å². The second kappa shape index (κ2) is 9.35. The fourth-order valence-electron chi connectivity index (χ4n) is 4.49. The van der Waals surface area contributed by atoms with Crippen LogP contribution in [0, 0.1) is 5.82 Å². The fourth-order valence-corrected chi connectivity index (χ4v) is 4.49. The van der Waals surface area contributed by atoms with E-state index in [9.17, 15) is 13.2 Å². The second-order valence-corrected chi connectivity index (χ2v) is 8.42. The van der Waals surface area contributed by atoms with Crippen molar-refractivity contribution in [2.45, 2.75) is 57.7 Å². The van der Waals surface area contributed by atoms with Crippen molar-refractivity contribution in [1.82, 2.24) is 0 Å². The number of rotatable bonds is 6. The molecule has 5 heteroatoms. The van der Waals surface area contributed by atoms with E-state index >= 15 is 4.39 Å². The van der Waals surface area contributed by atoms with Crippen LogP contribution < -0.4 is 4.74 Å². The number of benzene rings is 3. The van der Waals surface area contributed by atoms with Gasteiger partial charge in [-0.15, -0.1) is 13.2 Å². The van der Waals surface area contributed by atoms with Crippen LogP contribution in [0.25, 0.3) is 11.1 Å². The van der Waals surface area contributed by atoms with Gasteiger partial charge in [-0.25, -0.2) is 4.39 Å². The first-order chi connectivity index (χ1) is 15.3. The number of halogens is 4. The highest BCUT2D eigenvalue weighted by Gasteiger charge is 2.31. The van der Waals surface area contributed by atoms with Gasteiger partial charge >= 0.3 is 6.36 Å². The van der Waals surface area contributed by atoms with Crippen molar-refractivity contribution >= 4 is 0 Å². The number of alkyl halides is 3. The van der Waals surface area contributed by atoms with Crippen molar-refractivity contribution < 1.29 is 22.3 Å². The van der Waals surface area contributed by atoms with Gasteiger partial charge in [-0.1, -0.05) is 61.9 Å². The summed E-state index contributed by atoms with van der Waals surface area (Å²) >= 11 is 0. The molecule has 0 spiro atoms. The van der Waals surface area contributed by atoms with Gasteiger partial charge in [0, 0.05) is 5.56 Å². The predicted molar refractivity (Wildman–Crippen MR) is 118 cm³/mol. The molecular weight excluding hydrogens is 416 g/mol. The van der Waals surface area contributed by atoms with E-state index < -0.39 is 6.36 Å². The molecule has 1 aliphatic carbocycles. The lowest BCUT2D eigenvalue weighted by molar-refractivity contribution is -0.274. The average molecular weight is 442 g/mol. The minimum absolute atomic E-state index is 0.277. The van der Waals surface area contributed by atoms with E-state index in [1.807, 2.05) is 6.07 Å². The minimum Gasteiger partial charge on any atom is -0.406 e. The quantitative estimate of drug-likeness (QED) is 0.351. The average Bonchev–Trinajstić information content (AvgIpc) is 2.78. The molecule has 3 aromatic rings. The number of unbranched alkanes of at least 4 members (excludes halogenated alkanes) is 1. The second-order valence-electron chi connectivity index (χ2n) is 8.42. The first kappa shape index (κ1) is 22.4. The third-order valence-electron chi connectivity index (χ3n) is 6.22. The molecule has 0 saturated carbocycles. The normalized spacial score (nSPS) is 16.0. The van der Waals surface area contributed by atoms with E-state index in [0.717, 1.165) is 24.8 Å². The summed E-state index contributed by atoms with van der Waals surface area (Å²) in [6.07, 6.45) is 1.04. The summed E-state index contributed by atoms with van der Waals surface area (Å²) in [5.74, 6) is -0.227. The van der Waals surface area contributed by atoms with Crippen molar-refractivity contribution in [1.29, 1.82) is 0 Å². The van der Waals surface area contributed by atoms with E-state index in [4.69, 9.17) is 0 Å². The van der Waals surface area contributed by atoms with Crippen LogP contribution in [0.3, 0.4) is 0 Å². The molecule has 1 nitrogen and oxygen atoms in total. The Morgan fingerprint density at radius 2 is 1.66 bits per heavy atom. The molecule has 0 bridgehead atoms. The third-order valence-corrected chi connectivity index (χ3v) is 6.22. The topological polar surface area (TPSA) is 9.23 Å². The Kier molecular flexibility index (Phi) is 6.54.